The highest BCUT2D eigenvalue weighted by molar-refractivity contribution is 5.95. The zero-order valence-electron chi connectivity index (χ0n) is 9.69. The van der Waals surface area contributed by atoms with Gasteiger partial charge in [-0.2, -0.15) is 0 Å². The minimum atomic E-state index is 0.239. The molecule has 0 fully saturated rings. The average molecular weight is 220 g/mol. The highest BCUT2D eigenvalue weighted by Gasteiger charge is 2.03. The Morgan fingerprint density at radius 2 is 1.56 bits per heavy atom. The van der Waals surface area contributed by atoms with Crippen molar-refractivity contribution in [2.24, 2.45) is 0 Å². The third-order valence-electron chi connectivity index (χ3n) is 2.66. The van der Waals surface area contributed by atoms with Crippen molar-refractivity contribution in [3.63, 3.8) is 0 Å². The number of aliphatic hydroxyl groups excluding tert-OH is 1. The van der Waals surface area contributed by atoms with E-state index in [0.29, 0.717) is 6.42 Å². The largest absolute Gasteiger partial charge is 0.396 e. The smallest absolute Gasteiger partial charge is 0.162 e. The maximum atomic E-state index is 11.7. The Hall–Kier alpha value is -1.15. The summed E-state index contributed by atoms with van der Waals surface area (Å²) in [5, 5.41) is 8.61. The van der Waals surface area contributed by atoms with Crippen LogP contribution in [0.5, 0.6) is 0 Å². The third-order valence-corrected chi connectivity index (χ3v) is 2.66. The van der Waals surface area contributed by atoms with Crippen LogP contribution >= 0.6 is 0 Å². The van der Waals surface area contributed by atoms with E-state index in [-0.39, 0.29) is 12.4 Å². The van der Waals surface area contributed by atoms with E-state index in [0.717, 1.165) is 37.7 Å². The highest BCUT2D eigenvalue weighted by atomic mass is 16.2. The Bertz CT molecular complexity index is 293. The number of aliphatic hydroxyl groups is 1. The van der Waals surface area contributed by atoms with Gasteiger partial charge in [0.15, 0.2) is 5.78 Å². The van der Waals surface area contributed by atoms with Crippen LogP contribution in [0.3, 0.4) is 0 Å². The van der Waals surface area contributed by atoms with Gasteiger partial charge in [0.25, 0.3) is 0 Å². The number of unbranched alkanes of at least 4 members (excludes halogenated alkanes) is 4. The van der Waals surface area contributed by atoms with Gasteiger partial charge in [-0.25, -0.2) is 0 Å². The van der Waals surface area contributed by atoms with Crippen LogP contribution in [0.25, 0.3) is 0 Å². The van der Waals surface area contributed by atoms with Gasteiger partial charge < -0.3 is 5.11 Å². The fourth-order valence-electron chi connectivity index (χ4n) is 1.70. The van der Waals surface area contributed by atoms with Crippen molar-refractivity contribution in [3.8, 4) is 0 Å². The lowest BCUT2D eigenvalue weighted by Crippen LogP contribution is -1.98. The summed E-state index contributed by atoms with van der Waals surface area (Å²) in [5.41, 5.74) is 0.817. The molecule has 0 unspecified atom stereocenters. The van der Waals surface area contributed by atoms with Crippen LogP contribution in [-0.2, 0) is 0 Å². The molecule has 0 spiro atoms. The number of Topliss-reactive ketones (excluding diaryl/α,β-unsaturated/α-hetero) is 1. The maximum absolute atomic E-state index is 11.7. The molecule has 0 radical (unpaired) electrons. The lowest BCUT2D eigenvalue weighted by atomic mass is 10.0. The molecule has 0 aliphatic rings. The average Bonchev–Trinajstić information content (AvgIpc) is 2.34. The van der Waals surface area contributed by atoms with Crippen LogP contribution < -0.4 is 0 Å². The number of hydrogen-bond donors (Lipinski definition) is 1. The lowest BCUT2D eigenvalue weighted by molar-refractivity contribution is 0.0979. The molecule has 1 rings (SSSR count). The van der Waals surface area contributed by atoms with Gasteiger partial charge in [-0.1, -0.05) is 49.6 Å². The molecule has 0 aromatic heterocycles. The van der Waals surface area contributed by atoms with E-state index in [2.05, 4.69) is 0 Å². The van der Waals surface area contributed by atoms with Gasteiger partial charge in [0, 0.05) is 18.6 Å². The molecule has 0 atom stereocenters. The minimum Gasteiger partial charge on any atom is -0.396 e. The minimum absolute atomic E-state index is 0.239. The summed E-state index contributed by atoms with van der Waals surface area (Å²) in [6.45, 7) is 0.281. The van der Waals surface area contributed by atoms with Crippen LogP contribution in [0.2, 0.25) is 0 Å². The van der Waals surface area contributed by atoms with Crippen molar-refractivity contribution in [2.45, 2.75) is 38.5 Å². The number of ketones is 1. The third kappa shape index (κ3) is 5.08. The highest BCUT2D eigenvalue weighted by Crippen LogP contribution is 2.09. The number of carbonyl (C=O) groups is 1. The second kappa shape index (κ2) is 8.05. The molecule has 1 N–H and O–H groups in total. The topological polar surface area (TPSA) is 37.3 Å². The summed E-state index contributed by atoms with van der Waals surface area (Å²) in [6, 6.07) is 9.46. The Morgan fingerprint density at radius 1 is 0.938 bits per heavy atom. The number of carbonyl (C=O) groups excluding carboxylic acids is 1. The van der Waals surface area contributed by atoms with Crippen LogP contribution in [0.15, 0.2) is 30.3 Å². The molecular formula is C14H20O2. The maximum Gasteiger partial charge on any atom is 0.162 e. The zero-order valence-corrected chi connectivity index (χ0v) is 9.69. The summed E-state index contributed by atoms with van der Waals surface area (Å²) >= 11 is 0. The quantitative estimate of drug-likeness (QED) is 0.539. The molecular weight excluding hydrogens is 200 g/mol. The second-order valence-corrected chi connectivity index (χ2v) is 4.03. The van der Waals surface area contributed by atoms with Gasteiger partial charge in [0.05, 0.1) is 0 Å². The van der Waals surface area contributed by atoms with Gasteiger partial charge >= 0.3 is 0 Å². The standard InChI is InChI=1S/C14H20O2/c15-12-8-3-1-2-7-11-14(16)13-9-5-4-6-10-13/h4-6,9-10,15H,1-3,7-8,11-12H2. The van der Waals surface area contributed by atoms with Crippen molar-refractivity contribution >= 4 is 5.78 Å². The fourth-order valence-corrected chi connectivity index (χ4v) is 1.70. The summed E-state index contributed by atoms with van der Waals surface area (Å²) in [7, 11) is 0. The summed E-state index contributed by atoms with van der Waals surface area (Å²) in [4.78, 5) is 11.7. The van der Waals surface area contributed by atoms with Crippen LogP contribution in [0.4, 0.5) is 0 Å². The summed E-state index contributed by atoms with van der Waals surface area (Å²) < 4.78 is 0. The van der Waals surface area contributed by atoms with E-state index >= 15 is 0 Å². The van der Waals surface area contributed by atoms with Crippen molar-refractivity contribution < 1.29 is 9.90 Å². The molecule has 0 saturated carbocycles. The monoisotopic (exact) mass is 220 g/mol. The molecule has 0 aliphatic carbocycles. The van der Waals surface area contributed by atoms with E-state index in [1.54, 1.807) is 0 Å². The summed E-state index contributed by atoms with van der Waals surface area (Å²) in [6.07, 6.45) is 5.74. The van der Waals surface area contributed by atoms with Gasteiger partial charge in [0.1, 0.15) is 0 Å². The number of benzene rings is 1. The van der Waals surface area contributed by atoms with Crippen LogP contribution in [0.1, 0.15) is 48.9 Å². The molecule has 0 amide bonds. The molecule has 0 saturated heterocycles. The zero-order chi connectivity index (χ0) is 11.6. The Morgan fingerprint density at radius 3 is 2.25 bits per heavy atom. The van der Waals surface area contributed by atoms with E-state index in [9.17, 15) is 4.79 Å². The first kappa shape index (κ1) is 12.9. The first-order valence-corrected chi connectivity index (χ1v) is 6.03. The molecule has 1 aromatic carbocycles. The molecule has 1 aromatic rings. The van der Waals surface area contributed by atoms with Crippen LogP contribution in [0, 0.1) is 0 Å². The van der Waals surface area contributed by atoms with Crippen molar-refractivity contribution in [3.05, 3.63) is 35.9 Å². The molecule has 16 heavy (non-hydrogen) atoms. The molecule has 2 heteroatoms. The van der Waals surface area contributed by atoms with Crippen LogP contribution in [-0.4, -0.2) is 17.5 Å². The second-order valence-electron chi connectivity index (χ2n) is 4.03. The Labute approximate surface area is 97.3 Å². The van der Waals surface area contributed by atoms with Crippen molar-refractivity contribution in [1.29, 1.82) is 0 Å². The predicted octanol–water partition coefficient (Wildman–Crippen LogP) is 3.20. The van der Waals surface area contributed by atoms with Gasteiger partial charge in [-0.15, -0.1) is 0 Å². The van der Waals surface area contributed by atoms with Gasteiger partial charge in [0.2, 0.25) is 0 Å². The molecule has 0 heterocycles. The van der Waals surface area contributed by atoms with Crippen molar-refractivity contribution in [1.82, 2.24) is 0 Å². The first-order chi connectivity index (χ1) is 7.84. The van der Waals surface area contributed by atoms with E-state index in [1.165, 1.54) is 0 Å². The molecule has 2 nitrogen and oxygen atoms in total. The van der Waals surface area contributed by atoms with Crippen molar-refractivity contribution in [2.75, 3.05) is 6.61 Å². The first-order valence-electron chi connectivity index (χ1n) is 6.03. The molecule has 0 bridgehead atoms. The lowest BCUT2D eigenvalue weighted by Gasteiger charge is -2.01. The summed E-state index contributed by atoms with van der Waals surface area (Å²) in [5.74, 6) is 0.239. The predicted molar refractivity (Wildman–Crippen MR) is 65.6 cm³/mol. The fraction of sp³-hybridized carbons (Fsp3) is 0.500. The van der Waals surface area contributed by atoms with Gasteiger partial charge in [-0.3, -0.25) is 4.79 Å². The normalized spacial score (nSPS) is 10.3. The van der Waals surface area contributed by atoms with E-state index in [1.807, 2.05) is 30.3 Å². The molecule has 88 valence electrons. The van der Waals surface area contributed by atoms with E-state index in [4.69, 9.17) is 5.11 Å². The molecule has 0 aliphatic heterocycles. The number of rotatable bonds is 8. The van der Waals surface area contributed by atoms with E-state index < -0.39 is 0 Å². The Balaban J connectivity index is 2.12. The van der Waals surface area contributed by atoms with Gasteiger partial charge in [-0.05, 0) is 12.8 Å². The SMILES string of the molecule is O=C(CCCCCCCO)c1ccccc1. The Kier molecular flexibility index (Phi) is 6.50. The number of hydrogen-bond acceptors (Lipinski definition) is 2.